The first kappa shape index (κ1) is 16.8. The van der Waals surface area contributed by atoms with E-state index in [9.17, 15) is 14.9 Å². The first-order chi connectivity index (χ1) is 13.5. The second-order valence-electron chi connectivity index (χ2n) is 7.74. The van der Waals surface area contributed by atoms with Crippen molar-refractivity contribution in [2.75, 3.05) is 4.90 Å². The van der Waals surface area contributed by atoms with Gasteiger partial charge in [-0.3, -0.25) is 9.59 Å². The van der Waals surface area contributed by atoms with Gasteiger partial charge in [0.05, 0.1) is 29.6 Å². The maximum Gasteiger partial charge on any atom is 0.240 e. The lowest BCUT2D eigenvalue weighted by atomic mass is 9.85. The van der Waals surface area contributed by atoms with Crippen molar-refractivity contribution in [2.45, 2.75) is 25.9 Å². The van der Waals surface area contributed by atoms with Crippen molar-refractivity contribution in [1.82, 2.24) is 4.90 Å². The number of imide groups is 1. The minimum Gasteiger partial charge on any atom is -0.353 e. The average Bonchev–Trinajstić information content (AvgIpc) is 3.17. The molecule has 0 bridgehead atoms. The van der Waals surface area contributed by atoms with Gasteiger partial charge in [0.15, 0.2) is 0 Å². The Labute approximate surface area is 163 Å². The molecule has 5 heteroatoms. The fourth-order valence-corrected chi connectivity index (χ4v) is 4.82. The highest BCUT2D eigenvalue weighted by atomic mass is 16.2. The van der Waals surface area contributed by atoms with Crippen molar-refractivity contribution in [2.24, 2.45) is 11.8 Å². The zero-order chi connectivity index (χ0) is 19.6. The number of anilines is 1. The summed E-state index contributed by atoms with van der Waals surface area (Å²) in [5, 5.41) is 9.83. The predicted octanol–water partition coefficient (Wildman–Crippen LogP) is 3.34. The lowest BCUT2D eigenvalue weighted by Crippen LogP contribution is -2.40. The molecule has 3 heterocycles. The van der Waals surface area contributed by atoms with Crippen molar-refractivity contribution in [3.63, 3.8) is 0 Å². The summed E-state index contributed by atoms with van der Waals surface area (Å²) in [5.41, 5.74) is 4.76. The number of nitriles is 1. The Morgan fingerprint density at radius 2 is 1.71 bits per heavy atom. The van der Waals surface area contributed by atoms with Crippen LogP contribution in [0, 0.1) is 37.0 Å². The molecular formula is C23H19N3O2. The van der Waals surface area contributed by atoms with Crippen LogP contribution in [0.3, 0.4) is 0 Å². The van der Waals surface area contributed by atoms with Gasteiger partial charge in [-0.15, -0.1) is 0 Å². The largest absolute Gasteiger partial charge is 0.353 e. The third-order valence-corrected chi connectivity index (χ3v) is 6.34. The van der Waals surface area contributed by atoms with E-state index >= 15 is 0 Å². The Hall–Kier alpha value is -3.39. The smallest absolute Gasteiger partial charge is 0.240 e. The van der Waals surface area contributed by atoms with Gasteiger partial charge < -0.3 is 4.90 Å². The van der Waals surface area contributed by atoms with Gasteiger partial charge in [-0.05, 0) is 54.3 Å². The number of benzene rings is 2. The second-order valence-corrected chi connectivity index (χ2v) is 7.74. The molecule has 0 spiro atoms. The highest BCUT2D eigenvalue weighted by Gasteiger charge is 2.63. The maximum atomic E-state index is 13.5. The molecule has 2 aromatic rings. The molecule has 138 valence electrons. The van der Waals surface area contributed by atoms with Crippen molar-refractivity contribution >= 4 is 23.6 Å². The standard InChI is InChI=1S/C23H19N3O2/c1-13-7-8-16(11-14(13)2)26-22(27)19-18(12-24)25-10-9-15-5-3-4-6-17(15)21(25)20(19)23(26)28/h3-11,18-21H,1-2H3. The lowest BCUT2D eigenvalue weighted by Gasteiger charge is -2.33. The second kappa shape index (κ2) is 5.80. The van der Waals surface area contributed by atoms with Gasteiger partial charge >= 0.3 is 0 Å². The Bertz CT molecular complexity index is 1100. The van der Waals surface area contributed by atoms with Gasteiger partial charge in [-0.2, -0.15) is 5.26 Å². The highest BCUT2D eigenvalue weighted by Crippen LogP contribution is 2.52. The Kier molecular flexibility index (Phi) is 3.47. The average molecular weight is 369 g/mol. The summed E-state index contributed by atoms with van der Waals surface area (Å²) < 4.78 is 0. The molecule has 2 fully saturated rings. The summed E-state index contributed by atoms with van der Waals surface area (Å²) in [7, 11) is 0. The molecule has 2 amide bonds. The van der Waals surface area contributed by atoms with E-state index in [-0.39, 0.29) is 17.9 Å². The first-order valence-electron chi connectivity index (χ1n) is 9.42. The van der Waals surface area contributed by atoms with Crippen LogP contribution in [-0.4, -0.2) is 22.8 Å². The van der Waals surface area contributed by atoms with Crippen LogP contribution in [-0.2, 0) is 9.59 Å². The molecule has 28 heavy (non-hydrogen) atoms. The lowest BCUT2D eigenvalue weighted by molar-refractivity contribution is -0.123. The van der Waals surface area contributed by atoms with E-state index in [1.807, 2.05) is 73.5 Å². The van der Waals surface area contributed by atoms with Crippen LogP contribution in [0.5, 0.6) is 0 Å². The molecule has 0 N–H and O–H groups in total. The molecule has 4 unspecified atom stereocenters. The summed E-state index contributed by atoms with van der Waals surface area (Å²) in [6, 6.07) is 14.8. The number of fused-ring (bicyclic) bond motifs is 5. The third-order valence-electron chi connectivity index (χ3n) is 6.34. The summed E-state index contributed by atoms with van der Waals surface area (Å²) >= 11 is 0. The Morgan fingerprint density at radius 3 is 2.46 bits per heavy atom. The first-order valence-corrected chi connectivity index (χ1v) is 9.42. The monoisotopic (exact) mass is 369 g/mol. The van der Waals surface area contributed by atoms with E-state index in [4.69, 9.17) is 0 Å². The maximum absolute atomic E-state index is 13.5. The van der Waals surface area contributed by atoms with Crippen LogP contribution in [0.1, 0.15) is 28.3 Å². The van der Waals surface area contributed by atoms with Gasteiger partial charge in [-0.1, -0.05) is 30.3 Å². The summed E-state index contributed by atoms with van der Waals surface area (Å²) in [5.74, 6) is -1.69. The number of amides is 2. The number of aryl methyl sites for hydroxylation is 2. The van der Waals surface area contributed by atoms with Crippen molar-refractivity contribution < 1.29 is 9.59 Å². The Morgan fingerprint density at radius 1 is 0.964 bits per heavy atom. The summed E-state index contributed by atoms with van der Waals surface area (Å²) in [6.07, 6.45) is 3.81. The Balaban J connectivity index is 1.63. The zero-order valence-corrected chi connectivity index (χ0v) is 15.7. The van der Waals surface area contributed by atoms with E-state index in [1.165, 1.54) is 4.90 Å². The molecule has 3 aliphatic rings. The molecule has 2 aromatic carbocycles. The molecule has 4 atom stereocenters. The molecule has 0 aliphatic carbocycles. The van der Waals surface area contributed by atoms with Gasteiger partial charge in [-0.25, -0.2) is 4.90 Å². The fraction of sp³-hybridized carbons (Fsp3) is 0.261. The predicted molar refractivity (Wildman–Crippen MR) is 105 cm³/mol. The SMILES string of the molecule is Cc1ccc(N2C(=O)C3C(C2=O)C2c4ccccc4C=CN2C3C#N)cc1C. The molecule has 5 nitrogen and oxygen atoms in total. The van der Waals surface area contributed by atoms with Gasteiger partial charge in [0, 0.05) is 6.20 Å². The molecular weight excluding hydrogens is 350 g/mol. The molecule has 0 radical (unpaired) electrons. The van der Waals surface area contributed by atoms with Crippen LogP contribution in [0.15, 0.2) is 48.7 Å². The number of carbonyl (C=O) groups excluding carboxylic acids is 2. The quantitative estimate of drug-likeness (QED) is 0.723. The van der Waals surface area contributed by atoms with E-state index in [2.05, 4.69) is 6.07 Å². The van der Waals surface area contributed by atoms with Gasteiger partial charge in [0.25, 0.3) is 0 Å². The fourth-order valence-electron chi connectivity index (χ4n) is 4.82. The molecule has 0 aromatic heterocycles. The van der Waals surface area contributed by atoms with Crippen molar-refractivity contribution in [3.05, 3.63) is 70.9 Å². The van der Waals surface area contributed by atoms with Crippen LogP contribution >= 0.6 is 0 Å². The number of rotatable bonds is 1. The minimum absolute atomic E-state index is 0.212. The molecule has 3 aliphatic heterocycles. The van der Waals surface area contributed by atoms with Crippen LogP contribution in [0.4, 0.5) is 5.69 Å². The van der Waals surface area contributed by atoms with Crippen LogP contribution in [0.2, 0.25) is 0 Å². The van der Waals surface area contributed by atoms with Crippen LogP contribution in [0.25, 0.3) is 6.08 Å². The van der Waals surface area contributed by atoms with Gasteiger partial charge in [0.1, 0.15) is 6.04 Å². The number of carbonyl (C=O) groups is 2. The molecule has 0 saturated carbocycles. The number of nitrogens with zero attached hydrogens (tertiary/aromatic N) is 3. The van der Waals surface area contributed by atoms with Crippen molar-refractivity contribution in [3.8, 4) is 6.07 Å². The summed E-state index contributed by atoms with van der Waals surface area (Å²) in [4.78, 5) is 30.0. The molecule has 2 saturated heterocycles. The third kappa shape index (κ3) is 2.06. The normalized spacial score (nSPS) is 27.5. The highest BCUT2D eigenvalue weighted by molar-refractivity contribution is 6.23. The van der Waals surface area contributed by atoms with Crippen LogP contribution < -0.4 is 4.90 Å². The summed E-state index contributed by atoms with van der Waals surface area (Å²) in [6.45, 7) is 3.96. The number of hydrogen-bond acceptors (Lipinski definition) is 4. The number of hydrogen-bond donors (Lipinski definition) is 0. The van der Waals surface area contributed by atoms with E-state index < -0.39 is 17.9 Å². The van der Waals surface area contributed by atoms with E-state index in [0.717, 1.165) is 22.3 Å². The van der Waals surface area contributed by atoms with E-state index in [1.54, 1.807) is 0 Å². The van der Waals surface area contributed by atoms with Crippen molar-refractivity contribution in [1.29, 1.82) is 5.26 Å². The topological polar surface area (TPSA) is 64.4 Å². The van der Waals surface area contributed by atoms with Gasteiger partial charge in [0.2, 0.25) is 11.8 Å². The zero-order valence-electron chi connectivity index (χ0n) is 15.7. The minimum atomic E-state index is -0.653. The molecule has 5 rings (SSSR count). The van der Waals surface area contributed by atoms with E-state index in [0.29, 0.717) is 5.69 Å².